The van der Waals surface area contributed by atoms with Crippen LogP contribution in [0.2, 0.25) is 0 Å². The molecule has 4 aromatic carbocycles. The van der Waals surface area contributed by atoms with E-state index in [2.05, 4.69) is 10.5 Å². The van der Waals surface area contributed by atoms with Gasteiger partial charge in [0.1, 0.15) is 11.5 Å². The quantitative estimate of drug-likeness (QED) is 0.137. The number of nitrogens with zero attached hydrogens (tertiary/aromatic N) is 2. The van der Waals surface area contributed by atoms with Crippen molar-refractivity contribution < 1.29 is 24.0 Å². The average Bonchev–Trinajstić information content (AvgIpc) is 2.89. The lowest BCUT2D eigenvalue weighted by atomic mass is 10.0. The molecule has 0 fully saturated rings. The van der Waals surface area contributed by atoms with Crippen molar-refractivity contribution in [3.05, 3.63) is 112 Å². The van der Waals surface area contributed by atoms with Gasteiger partial charge in [0, 0.05) is 23.3 Å². The van der Waals surface area contributed by atoms with E-state index in [0.29, 0.717) is 11.3 Å². The molecule has 0 aromatic heterocycles. The van der Waals surface area contributed by atoms with Crippen LogP contribution in [0.4, 0.5) is 5.69 Å². The van der Waals surface area contributed by atoms with Crippen LogP contribution < -0.4 is 14.9 Å². The third-order valence-electron chi connectivity index (χ3n) is 5.12. The molecule has 0 aliphatic rings. The standard InChI is InChI=1S/C26H19N3O6/c1-34-21-9-4-8-18(15-21)26(31)35-24-13-12-20(29(32)33)14-19(24)16-27-28-25(30)23-11-5-7-17-6-2-3-10-22(17)23/h2-16H,1H3,(H,28,30)/b27-16+. The predicted octanol–water partition coefficient (Wildman–Crippen LogP) is 4.74. The second-order valence-electron chi connectivity index (χ2n) is 7.33. The highest BCUT2D eigenvalue weighted by atomic mass is 16.6. The Hall–Kier alpha value is -5.05. The van der Waals surface area contributed by atoms with Gasteiger partial charge in [0.05, 0.1) is 23.8 Å². The van der Waals surface area contributed by atoms with E-state index < -0.39 is 16.8 Å². The Labute approximate surface area is 199 Å². The summed E-state index contributed by atoms with van der Waals surface area (Å²) in [4.78, 5) is 36.0. The number of carbonyl (C=O) groups is 2. The summed E-state index contributed by atoms with van der Waals surface area (Å²) in [6, 6.07) is 22.8. The molecule has 174 valence electrons. The number of benzene rings is 4. The Morgan fingerprint density at radius 1 is 0.971 bits per heavy atom. The van der Waals surface area contributed by atoms with Crippen LogP contribution in [-0.4, -0.2) is 30.1 Å². The summed E-state index contributed by atoms with van der Waals surface area (Å²) in [5.41, 5.74) is 2.98. The summed E-state index contributed by atoms with van der Waals surface area (Å²) in [5.74, 6) is -0.640. The Morgan fingerprint density at radius 3 is 2.54 bits per heavy atom. The van der Waals surface area contributed by atoms with Gasteiger partial charge in [-0.25, -0.2) is 10.2 Å². The molecular weight excluding hydrogens is 450 g/mol. The molecule has 0 saturated heterocycles. The maximum atomic E-state index is 12.7. The van der Waals surface area contributed by atoms with Gasteiger partial charge in [0.25, 0.3) is 11.6 Å². The number of esters is 1. The molecule has 0 aliphatic carbocycles. The van der Waals surface area contributed by atoms with E-state index in [0.717, 1.165) is 10.8 Å². The van der Waals surface area contributed by atoms with Gasteiger partial charge in [-0.3, -0.25) is 14.9 Å². The minimum absolute atomic E-state index is 0.0339. The number of hydrogen-bond donors (Lipinski definition) is 1. The molecule has 1 N–H and O–H groups in total. The number of carbonyl (C=O) groups excluding carboxylic acids is 2. The van der Waals surface area contributed by atoms with Crippen molar-refractivity contribution in [2.24, 2.45) is 5.10 Å². The van der Waals surface area contributed by atoms with Crippen molar-refractivity contribution in [3.63, 3.8) is 0 Å². The molecule has 35 heavy (non-hydrogen) atoms. The first-order valence-electron chi connectivity index (χ1n) is 10.4. The van der Waals surface area contributed by atoms with Gasteiger partial charge < -0.3 is 9.47 Å². The van der Waals surface area contributed by atoms with Gasteiger partial charge in [0.15, 0.2) is 0 Å². The van der Waals surface area contributed by atoms with E-state index in [1.165, 1.54) is 37.6 Å². The van der Waals surface area contributed by atoms with E-state index in [9.17, 15) is 19.7 Å². The van der Waals surface area contributed by atoms with E-state index in [-0.39, 0.29) is 22.6 Å². The van der Waals surface area contributed by atoms with E-state index >= 15 is 0 Å². The zero-order valence-electron chi connectivity index (χ0n) is 18.5. The summed E-state index contributed by atoms with van der Waals surface area (Å²) in [6.45, 7) is 0. The largest absolute Gasteiger partial charge is 0.497 e. The summed E-state index contributed by atoms with van der Waals surface area (Å²) >= 11 is 0. The van der Waals surface area contributed by atoms with Gasteiger partial charge in [-0.2, -0.15) is 5.10 Å². The molecule has 0 bridgehead atoms. The van der Waals surface area contributed by atoms with E-state index in [1.807, 2.05) is 30.3 Å². The predicted molar refractivity (Wildman–Crippen MR) is 130 cm³/mol. The lowest BCUT2D eigenvalue weighted by Crippen LogP contribution is -2.18. The molecule has 9 nitrogen and oxygen atoms in total. The van der Waals surface area contributed by atoms with Crippen molar-refractivity contribution in [1.82, 2.24) is 5.43 Å². The number of fused-ring (bicyclic) bond motifs is 1. The van der Waals surface area contributed by atoms with Gasteiger partial charge in [-0.1, -0.05) is 42.5 Å². The van der Waals surface area contributed by atoms with Crippen LogP contribution in [0.3, 0.4) is 0 Å². The van der Waals surface area contributed by atoms with Crippen LogP contribution in [0.15, 0.2) is 90.0 Å². The summed E-state index contributed by atoms with van der Waals surface area (Å²) < 4.78 is 10.6. The molecule has 1 amide bonds. The number of nitro benzene ring substituents is 1. The van der Waals surface area contributed by atoms with Crippen molar-refractivity contribution in [1.29, 1.82) is 0 Å². The van der Waals surface area contributed by atoms with Gasteiger partial charge >= 0.3 is 5.97 Å². The van der Waals surface area contributed by atoms with Crippen LogP contribution in [0.5, 0.6) is 11.5 Å². The van der Waals surface area contributed by atoms with Crippen LogP contribution in [0, 0.1) is 10.1 Å². The fourth-order valence-electron chi connectivity index (χ4n) is 3.40. The average molecular weight is 469 g/mol. The SMILES string of the molecule is COc1cccc(C(=O)Oc2ccc([N+](=O)[O-])cc2/C=N/NC(=O)c2cccc3ccccc23)c1. The molecule has 0 heterocycles. The molecule has 0 saturated carbocycles. The number of hydrogen-bond acceptors (Lipinski definition) is 7. The lowest BCUT2D eigenvalue weighted by molar-refractivity contribution is -0.384. The number of nitrogens with one attached hydrogen (secondary N) is 1. The third-order valence-corrected chi connectivity index (χ3v) is 5.12. The van der Waals surface area contributed by atoms with Crippen LogP contribution in [0.25, 0.3) is 10.8 Å². The minimum atomic E-state index is -0.688. The van der Waals surface area contributed by atoms with Crippen molar-refractivity contribution in [2.45, 2.75) is 0 Å². The molecule has 0 spiro atoms. The highest BCUT2D eigenvalue weighted by molar-refractivity contribution is 6.07. The zero-order chi connectivity index (χ0) is 24.8. The number of rotatable bonds is 7. The first-order chi connectivity index (χ1) is 17.0. The molecule has 0 atom stereocenters. The lowest BCUT2D eigenvalue weighted by Gasteiger charge is -2.09. The Balaban J connectivity index is 1.58. The third kappa shape index (κ3) is 5.31. The van der Waals surface area contributed by atoms with E-state index in [1.54, 1.807) is 30.3 Å². The zero-order valence-corrected chi connectivity index (χ0v) is 18.5. The highest BCUT2D eigenvalue weighted by Gasteiger charge is 2.16. The second-order valence-corrected chi connectivity index (χ2v) is 7.33. The number of non-ortho nitro benzene ring substituents is 1. The smallest absolute Gasteiger partial charge is 0.343 e. The maximum absolute atomic E-state index is 12.7. The van der Waals surface area contributed by atoms with Crippen LogP contribution in [0.1, 0.15) is 26.3 Å². The minimum Gasteiger partial charge on any atom is -0.497 e. The van der Waals surface area contributed by atoms with Gasteiger partial charge in [0.2, 0.25) is 0 Å². The maximum Gasteiger partial charge on any atom is 0.343 e. The van der Waals surface area contributed by atoms with Crippen molar-refractivity contribution >= 4 is 34.6 Å². The molecule has 0 unspecified atom stereocenters. The van der Waals surface area contributed by atoms with Gasteiger partial charge in [-0.15, -0.1) is 0 Å². The Morgan fingerprint density at radius 2 is 1.74 bits per heavy atom. The monoisotopic (exact) mass is 469 g/mol. The first-order valence-corrected chi connectivity index (χ1v) is 10.4. The fraction of sp³-hybridized carbons (Fsp3) is 0.0385. The normalized spacial score (nSPS) is 10.8. The van der Waals surface area contributed by atoms with Crippen LogP contribution in [-0.2, 0) is 0 Å². The number of methoxy groups -OCH3 is 1. The Kier molecular flexibility index (Phi) is 6.78. The molecule has 0 radical (unpaired) electrons. The second kappa shape index (κ2) is 10.3. The van der Waals surface area contributed by atoms with Crippen molar-refractivity contribution in [2.75, 3.05) is 7.11 Å². The summed E-state index contributed by atoms with van der Waals surface area (Å²) in [5, 5.41) is 16.8. The van der Waals surface area contributed by atoms with Gasteiger partial charge in [-0.05, 0) is 41.1 Å². The number of ether oxygens (including phenoxy) is 2. The summed E-state index contributed by atoms with van der Waals surface area (Å²) in [6.07, 6.45) is 1.18. The topological polar surface area (TPSA) is 120 Å². The number of amides is 1. The van der Waals surface area contributed by atoms with Crippen molar-refractivity contribution in [3.8, 4) is 11.5 Å². The Bertz CT molecular complexity index is 1460. The fourth-order valence-corrected chi connectivity index (χ4v) is 3.40. The number of hydrazone groups is 1. The highest BCUT2D eigenvalue weighted by Crippen LogP contribution is 2.25. The first kappa shape index (κ1) is 23.1. The molecular formula is C26H19N3O6. The summed E-state index contributed by atoms with van der Waals surface area (Å²) in [7, 11) is 1.47. The van der Waals surface area contributed by atoms with Crippen LogP contribution >= 0.6 is 0 Å². The number of nitro groups is 1. The molecule has 0 aliphatic heterocycles. The van der Waals surface area contributed by atoms with E-state index in [4.69, 9.17) is 9.47 Å². The molecule has 4 aromatic rings. The molecule has 4 rings (SSSR count). The molecule has 9 heteroatoms.